The quantitative estimate of drug-likeness (QED) is 0.825. The van der Waals surface area contributed by atoms with E-state index >= 15 is 0 Å². The van der Waals surface area contributed by atoms with Gasteiger partial charge in [-0.1, -0.05) is 13.8 Å². The normalized spacial score (nSPS) is 26.8. The molecule has 0 spiro atoms. The van der Waals surface area contributed by atoms with Gasteiger partial charge in [0.2, 0.25) is 0 Å². The van der Waals surface area contributed by atoms with Gasteiger partial charge in [-0.25, -0.2) is 0 Å². The minimum atomic E-state index is 0.518. The Hall–Kier alpha value is -0.760. The van der Waals surface area contributed by atoms with Crippen molar-refractivity contribution in [3.8, 4) is 0 Å². The second-order valence-corrected chi connectivity index (χ2v) is 5.52. The average molecular weight is 221 g/mol. The summed E-state index contributed by atoms with van der Waals surface area (Å²) in [5.41, 5.74) is 0. The second kappa shape index (κ2) is 5.05. The summed E-state index contributed by atoms with van der Waals surface area (Å²) >= 11 is 0. The van der Waals surface area contributed by atoms with Crippen LogP contribution in [0.5, 0.6) is 0 Å². The van der Waals surface area contributed by atoms with Crippen molar-refractivity contribution >= 4 is 0 Å². The molecule has 0 aromatic carbocycles. The summed E-state index contributed by atoms with van der Waals surface area (Å²) in [5, 5.41) is 3.68. The summed E-state index contributed by atoms with van der Waals surface area (Å²) in [6.45, 7) is 6.89. The second-order valence-electron chi connectivity index (χ2n) is 5.52. The molecule has 0 bridgehead atoms. The van der Waals surface area contributed by atoms with Gasteiger partial charge in [0, 0.05) is 18.5 Å². The maximum Gasteiger partial charge on any atom is 0.105 e. The van der Waals surface area contributed by atoms with E-state index in [1.165, 1.54) is 12.8 Å². The van der Waals surface area contributed by atoms with E-state index in [2.05, 4.69) is 32.2 Å². The van der Waals surface area contributed by atoms with Gasteiger partial charge in [0.05, 0.1) is 6.26 Å². The molecule has 1 N–H and O–H groups in total. The lowest BCUT2D eigenvalue weighted by Gasteiger charge is -2.40. The lowest BCUT2D eigenvalue weighted by atomic mass is 9.73. The predicted octanol–water partition coefficient (Wildman–Crippen LogP) is 3.23. The van der Waals surface area contributed by atoms with Crippen LogP contribution in [-0.4, -0.2) is 12.1 Å². The Kier molecular flexibility index (Phi) is 3.70. The minimum absolute atomic E-state index is 0.518. The number of furan rings is 1. The van der Waals surface area contributed by atoms with E-state index < -0.39 is 0 Å². The van der Waals surface area contributed by atoms with Gasteiger partial charge < -0.3 is 9.73 Å². The SMILES string of the molecule is CC(Cc1ccco1)NC1CC(C(C)C)C1. The van der Waals surface area contributed by atoms with Crippen molar-refractivity contribution in [1.82, 2.24) is 5.32 Å². The summed E-state index contributed by atoms with van der Waals surface area (Å²) in [6.07, 6.45) is 5.44. The molecule has 1 saturated carbocycles. The molecule has 0 amide bonds. The molecule has 2 rings (SSSR count). The van der Waals surface area contributed by atoms with Crippen LogP contribution in [0.3, 0.4) is 0 Å². The van der Waals surface area contributed by atoms with Crippen LogP contribution < -0.4 is 5.32 Å². The fourth-order valence-corrected chi connectivity index (χ4v) is 2.53. The van der Waals surface area contributed by atoms with Crippen molar-refractivity contribution in [2.45, 2.75) is 52.1 Å². The third-order valence-electron chi connectivity index (χ3n) is 3.73. The fourth-order valence-electron chi connectivity index (χ4n) is 2.53. The monoisotopic (exact) mass is 221 g/mol. The molecular formula is C14H23NO. The lowest BCUT2D eigenvalue weighted by molar-refractivity contribution is 0.158. The Morgan fingerprint density at radius 2 is 2.12 bits per heavy atom. The third-order valence-corrected chi connectivity index (χ3v) is 3.73. The summed E-state index contributed by atoms with van der Waals surface area (Å²) in [6, 6.07) is 5.26. The first-order valence-corrected chi connectivity index (χ1v) is 6.43. The zero-order valence-electron chi connectivity index (χ0n) is 10.6. The molecule has 16 heavy (non-hydrogen) atoms. The van der Waals surface area contributed by atoms with Crippen LogP contribution in [0.4, 0.5) is 0 Å². The van der Waals surface area contributed by atoms with Crippen LogP contribution in [0, 0.1) is 11.8 Å². The molecule has 1 heterocycles. The van der Waals surface area contributed by atoms with Crippen molar-refractivity contribution in [2.75, 3.05) is 0 Å². The van der Waals surface area contributed by atoms with E-state index in [-0.39, 0.29) is 0 Å². The van der Waals surface area contributed by atoms with E-state index in [9.17, 15) is 0 Å². The third kappa shape index (κ3) is 2.88. The van der Waals surface area contributed by atoms with Crippen molar-refractivity contribution in [2.24, 2.45) is 11.8 Å². The standard InChI is InChI=1S/C14H23NO/c1-10(2)12-8-13(9-12)15-11(3)7-14-5-4-6-16-14/h4-6,10-13,15H,7-9H2,1-3H3. The zero-order chi connectivity index (χ0) is 11.5. The van der Waals surface area contributed by atoms with Gasteiger partial charge in [-0.05, 0) is 43.7 Å². The van der Waals surface area contributed by atoms with Gasteiger partial charge in [0.1, 0.15) is 5.76 Å². The topological polar surface area (TPSA) is 25.2 Å². The number of nitrogens with one attached hydrogen (secondary N) is 1. The Morgan fingerprint density at radius 3 is 2.69 bits per heavy atom. The van der Waals surface area contributed by atoms with Gasteiger partial charge in [0.15, 0.2) is 0 Å². The molecule has 90 valence electrons. The smallest absolute Gasteiger partial charge is 0.105 e. The van der Waals surface area contributed by atoms with E-state index in [1.54, 1.807) is 6.26 Å². The van der Waals surface area contributed by atoms with Crippen molar-refractivity contribution < 1.29 is 4.42 Å². The highest BCUT2D eigenvalue weighted by Crippen LogP contribution is 2.33. The van der Waals surface area contributed by atoms with E-state index in [1.807, 2.05) is 6.07 Å². The van der Waals surface area contributed by atoms with Crippen molar-refractivity contribution in [3.05, 3.63) is 24.2 Å². The maximum atomic E-state index is 5.36. The maximum absolute atomic E-state index is 5.36. The van der Waals surface area contributed by atoms with E-state index in [0.29, 0.717) is 6.04 Å². The van der Waals surface area contributed by atoms with Gasteiger partial charge >= 0.3 is 0 Å². The van der Waals surface area contributed by atoms with E-state index in [0.717, 1.165) is 30.1 Å². The molecule has 0 aliphatic heterocycles. The van der Waals surface area contributed by atoms with Crippen LogP contribution >= 0.6 is 0 Å². The predicted molar refractivity (Wildman–Crippen MR) is 66.4 cm³/mol. The average Bonchev–Trinajstić information content (AvgIpc) is 2.62. The number of rotatable bonds is 5. The fraction of sp³-hybridized carbons (Fsp3) is 0.714. The zero-order valence-corrected chi connectivity index (χ0v) is 10.6. The highest BCUT2D eigenvalue weighted by Gasteiger charge is 2.31. The highest BCUT2D eigenvalue weighted by molar-refractivity contribution is 5.00. The molecule has 1 atom stereocenters. The Morgan fingerprint density at radius 1 is 1.38 bits per heavy atom. The summed E-state index contributed by atoms with van der Waals surface area (Å²) in [7, 11) is 0. The van der Waals surface area contributed by atoms with Crippen molar-refractivity contribution in [1.29, 1.82) is 0 Å². The highest BCUT2D eigenvalue weighted by atomic mass is 16.3. The first-order chi connectivity index (χ1) is 7.65. The lowest BCUT2D eigenvalue weighted by Crippen LogP contribution is -2.47. The van der Waals surface area contributed by atoms with Gasteiger partial charge in [-0.2, -0.15) is 0 Å². The van der Waals surface area contributed by atoms with Gasteiger partial charge in [-0.3, -0.25) is 0 Å². The van der Waals surface area contributed by atoms with Gasteiger partial charge in [0.25, 0.3) is 0 Å². The largest absolute Gasteiger partial charge is 0.469 e. The molecule has 1 aliphatic rings. The Bertz CT molecular complexity index is 299. The molecule has 1 aromatic heterocycles. The molecule has 1 unspecified atom stereocenters. The molecule has 0 radical (unpaired) electrons. The molecular weight excluding hydrogens is 198 g/mol. The van der Waals surface area contributed by atoms with E-state index in [4.69, 9.17) is 4.42 Å². The summed E-state index contributed by atoms with van der Waals surface area (Å²) in [4.78, 5) is 0. The Balaban J connectivity index is 1.67. The number of hydrogen-bond donors (Lipinski definition) is 1. The van der Waals surface area contributed by atoms with Crippen LogP contribution in [0.1, 0.15) is 39.4 Å². The molecule has 2 heteroatoms. The molecule has 1 fully saturated rings. The first kappa shape index (κ1) is 11.7. The molecule has 1 aliphatic carbocycles. The molecule has 0 saturated heterocycles. The Labute approximate surface area is 98.4 Å². The van der Waals surface area contributed by atoms with Crippen LogP contribution in [0.25, 0.3) is 0 Å². The van der Waals surface area contributed by atoms with Crippen LogP contribution in [-0.2, 0) is 6.42 Å². The van der Waals surface area contributed by atoms with Crippen LogP contribution in [0.2, 0.25) is 0 Å². The number of hydrogen-bond acceptors (Lipinski definition) is 2. The molecule has 2 nitrogen and oxygen atoms in total. The summed E-state index contributed by atoms with van der Waals surface area (Å²) < 4.78 is 5.36. The summed E-state index contributed by atoms with van der Waals surface area (Å²) in [5.74, 6) is 2.87. The van der Waals surface area contributed by atoms with Crippen molar-refractivity contribution in [3.63, 3.8) is 0 Å². The first-order valence-electron chi connectivity index (χ1n) is 6.43. The molecule has 1 aromatic rings. The van der Waals surface area contributed by atoms with Crippen LogP contribution in [0.15, 0.2) is 22.8 Å². The minimum Gasteiger partial charge on any atom is -0.469 e. The van der Waals surface area contributed by atoms with Gasteiger partial charge in [-0.15, -0.1) is 0 Å².